The van der Waals surface area contributed by atoms with Gasteiger partial charge in [-0.1, -0.05) is 58.4 Å². The van der Waals surface area contributed by atoms with Gasteiger partial charge in [-0.2, -0.15) is 0 Å². The van der Waals surface area contributed by atoms with Crippen molar-refractivity contribution in [3.63, 3.8) is 0 Å². The Balaban J connectivity index is 1.37. The highest BCUT2D eigenvalue weighted by molar-refractivity contribution is 9.10. The lowest BCUT2D eigenvalue weighted by Gasteiger charge is -2.35. The van der Waals surface area contributed by atoms with Crippen LogP contribution in [0.25, 0.3) is 0 Å². The summed E-state index contributed by atoms with van der Waals surface area (Å²) in [6.45, 7) is 3.96. The molecule has 2 aromatic carbocycles. The lowest BCUT2D eigenvalue weighted by Crippen LogP contribution is -2.44. The molecule has 2 fully saturated rings. The predicted molar refractivity (Wildman–Crippen MR) is 110 cm³/mol. The Kier molecular flexibility index (Phi) is 5.91. The van der Waals surface area contributed by atoms with E-state index < -0.39 is 0 Å². The van der Waals surface area contributed by atoms with Gasteiger partial charge in [0.2, 0.25) is 5.91 Å². The molecule has 5 heteroatoms. The highest BCUT2D eigenvalue weighted by Gasteiger charge is 2.44. The zero-order valence-electron chi connectivity index (χ0n) is 15.3. The van der Waals surface area contributed by atoms with Gasteiger partial charge in [-0.05, 0) is 35.6 Å². The number of carbonyl (C=O) groups excluding carboxylic acids is 1. The summed E-state index contributed by atoms with van der Waals surface area (Å²) < 4.78 is 6.57. The Morgan fingerprint density at radius 1 is 1.11 bits per heavy atom. The second kappa shape index (κ2) is 8.55. The molecule has 1 aliphatic heterocycles. The van der Waals surface area contributed by atoms with Crippen LogP contribution in [0.15, 0.2) is 59.1 Å². The number of morpholine rings is 1. The minimum absolute atomic E-state index is 0.104. The number of rotatable bonds is 6. The molecule has 27 heavy (non-hydrogen) atoms. The highest BCUT2D eigenvalue weighted by Crippen LogP contribution is 2.47. The Bertz CT molecular complexity index is 760. The van der Waals surface area contributed by atoms with E-state index in [0.29, 0.717) is 12.5 Å². The van der Waals surface area contributed by atoms with Crippen LogP contribution in [0.1, 0.15) is 29.5 Å². The first-order valence-electron chi connectivity index (χ1n) is 9.62. The minimum atomic E-state index is 0.104. The third kappa shape index (κ3) is 4.60. The topological polar surface area (TPSA) is 41.6 Å². The molecule has 0 radical (unpaired) electrons. The van der Waals surface area contributed by atoms with Gasteiger partial charge >= 0.3 is 0 Å². The van der Waals surface area contributed by atoms with E-state index in [2.05, 4.69) is 62.5 Å². The van der Waals surface area contributed by atoms with E-state index in [4.69, 9.17) is 4.74 Å². The molecule has 1 saturated heterocycles. The fraction of sp³-hybridized carbons (Fsp3) is 0.409. The number of carbonyl (C=O) groups is 1. The number of nitrogens with one attached hydrogen (secondary N) is 1. The smallest absolute Gasteiger partial charge is 0.223 e. The molecule has 1 aliphatic carbocycles. The van der Waals surface area contributed by atoms with E-state index in [1.54, 1.807) is 0 Å². The zero-order valence-corrected chi connectivity index (χ0v) is 16.9. The van der Waals surface area contributed by atoms with Gasteiger partial charge in [0, 0.05) is 30.0 Å². The Morgan fingerprint density at radius 2 is 1.81 bits per heavy atom. The lowest BCUT2D eigenvalue weighted by molar-refractivity contribution is -0.122. The van der Waals surface area contributed by atoms with Gasteiger partial charge in [-0.25, -0.2) is 0 Å². The maximum atomic E-state index is 12.7. The van der Waals surface area contributed by atoms with Crippen LogP contribution in [0.3, 0.4) is 0 Å². The summed E-state index contributed by atoms with van der Waals surface area (Å²) in [4.78, 5) is 15.1. The summed E-state index contributed by atoms with van der Waals surface area (Å²) in [5.74, 6) is 0.640. The molecule has 3 unspecified atom stereocenters. The zero-order chi connectivity index (χ0) is 18.6. The molecule has 2 aromatic rings. The van der Waals surface area contributed by atoms with Crippen molar-refractivity contribution in [3.05, 3.63) is 70.2 Å². The molecule has 2 aliphatic rings. The van der Waals surface area contributed by atoms with Crippen LogP contribution in [0.2, 0.25) is 0 Å². The predicted octanol–water partition coefficient (Wildman–Crippen LogP) is 3.74. The van der Waals surface area contributed by atoms with Crippen LogP contribution in [-0.4, -0.2) is 43.7 Å². The number of nitrogens with zero attached hydrogens (tertiary/aromatic N) is 1. The van der Waals surface area contributed by atoms with Crippen molar-refractivity contribution >= 4 is 21.8 Å². The number of amides is 1. The summed E-state index contributed by atoms with van der Waals surface area (Å²) in [7, 11) is 0. The maximum Gasteiger partial charge on any atom is 0.223 e. The third-order valence-corrected chi connectivity index (χ3v) is 6.09. The third-order valence-electron chi connectivity index (χ3n) is 5.57. The molecule has 142 valence electrons. The van der Waals surface area contributed by atoms with E-state index in [0.717, 1.165) is 37.2 Å². The first kappa shape index (κ1) is 18.7. The Morgan fingerprint density at radius 3 is 2.52 bits per heavy atom. The number of benzene rings is 2. The highest BCUT2D eigenvalue weighted by atomic mass is 79.9. The van der Waals surface area contributed by atoms with Crippen molar-refractivity contribution in [3.8, 4) is 0 Å². The van der Waals surface area contributed by atoms with Gasteiger partial charge in [0.1, 0.15) is 0 Å². The molecule has 4 rings (SSSR count). The molecule has 1 N–H and O–H groups in total. The second-order valence-corrected chi connectivity index (χ2v) is 8.24. The molecule has 1 heterocycles. The summed E-state index contributed by atoms with van der Waals surface area (Å²) in [6, 6.07) is 19.0. The molecule has 0 aromatic heterocycles. The van der Waals surface area contributed by atoms with Gasteiger partial charge in [0.25, 0.3) is 0 Å². The summed E-state index contributed by atoms with van der Waals surface area (Å²) in [6.07, 6.45) is 0.945. The SMILES string of the molecule is O=C(NCC(c1ccccc1)N1CCOCC1)C1CC1c1ccc(Br)cc1. The molecular weight excluding hydrogens is 404 g/mol. The molecular formula is C22H25BrN2O2. The van der Waals surface area contributed by atoms with E-state index in [9.17, 15) is 4.79 Å². The van der Waals surface area contributed by atoms with Gasteiger partial charge < -0.3 is 10.1 Å². The van der Waals surface area contributed by atoms with Crippen LogP contribution >= 0.6 is 15.9 Å². The Labute approximate surface area is 169 Å². The van der Waals surface area contributed by atoms with Crippen LogP contribution in [-0.2, 0) is 9.53 Å². The maximum absolute atomic E-state index is 12.7. The van der Waals surface area contributed by atoms with Crippen molar-refractivity contribution in [1.82, 2.24) is 10.2 Å². The van der Waals surface area contributed by atoms with E-state index in [-0.39, 0.29) is 17.9 Å². The van der Waals surface area contributed by atoms with E-state index in [1.807, 2.05) is 18.2 Å². The summed E-state index contributed by atoms with van der Waals surface area (Å²) in [5.41, 5.74) is 2.51. The lowest BCUT2D eigenvalue weighted by atomic mass is 10.0. The first-order valence-corrected chi connectivity index (χ1v) is 10.4. The molecule has 3 atom stereocenters. The van der Waals surface area contributed by atoms with Crippen molar-refractivity contribution < 1.29 is 9.53 Å². The van der Waals surface area contributed by atoms with Crippen molar-refractivity contribution in [2.75, 3.05) is 32.8 Å². The average Bonchev–Trinajstić information content (AvgIpc) is 3.51. The molecule has 0 bridgehead atoms. The second-order valence-electron chi connectivity index (χ2n) is 7.32. The Hall–Kier alpha value is -1.69. The van der Waals surface area contributed by atoms with Crippen LogP contribution in [0.5, 0.6) is 0 Å². The number of halogens is 1. The van der Waals surface area contributed by atoms with Gasteiger partial charge in [0.15, 0.2) is 0 Å². The van der Waals surface area contributed by atoms with Crippen molar-refractivity contribution in [2.45, 2.75) is 18.4 Å². The van der Waals surface area contributed by atoms with E-state index in [1.165, 1.54) is 11.1 Å². The number of ether oxygens (including phenoxy) is 1. The minimum Gasteiger partial charge on any atom is -0.379 e. The summed E-state index contributed by atoms with van der Waals surface area (Å²) in [5, 5.41) is 3.22. The van der Waals surface area contributed by atoms with Crippen LogP contribution in [0, 0.1) is 5.92 Å². The van der Waals surface area contributed by atoms with Gasteiger partial charge in [0.05, 0.1) is 19.3 Å². The molecule has 4 nitrogen and oxygen atoms in total. The quantitative estimate of drug-likeness (QED) is 0.761. The van der Waals surface area contributed by atoms with Gasteiger partial charge in [-0.3, -0.25) is 9.69 Å². The van der Waals surface area contributed by atoms with Crippen LogP contribution < -0.4 is 5.32 Å². The standard InChI is InChI=1S/C22H25BrN2O2/c23-18-8-6-16(7-9-18)19-14-20(19)22(26)24-15-21(17-4-2-1-3-5-17)25-10-12-27-13-11-25/h1-9,19-21H,10-15H2,(H,24,26). The van der Waals surface area contributed by atoms with E-state index >= 15 is 0 Å². The fourth-order valence-electron chi connectivity index (χ4n) is 3.91. The monoisotopic (exact) mass is 428 g/mol. The molecule has 1 amide bonds. The molecule has 0 spiro atoms. The van der Waals surface area contributed by atoms with Gasteiger partial charge in [-0.15, -0.1) is 0 Å². The largest absolute Gasteiger partial charge is 0.379 e. The summed E-state index contributed by atoms with van der Waals surface area (Å²) >= 11 is 3.47. The number of hydrogen-bond acceptors (Lipinski definition) is 3. The average molecular weight is 429 g/mol. The normalized spacial score (nSPS) is 23.6. The van der Waals surface area contributed by atoms with Crippen molar-refractivity contribution in [1.29, 1.82) is 0 Å². The van der Waals surface area contributed by atoms with Crippen molar-refractivity contribution in [2.24, 2.45) is 5.92 Å². The van der Waals surface area contributed by atoms with Crippen LogP contribution in [0.4, 0.5) is 0 Å². The fourth-order valence-corrected chi connectivity index (χ4v) is 4.18. The first-order chi connectivity index (χ1) is 13.2. The number of hydrogen-bond donors (Lipinski definition) is 1. The molecule has 1 saturated carbocycles.